The minimum Gasteiger partial charge on any atom is -0.378 e. The summed E-state index contributed by atoms with van der Waals surface area (Å²) >= 11 is 1.41. The number of nitrogens with zero attached hydrogens (tertiary/aromatic N) is 5. The Kier molecular flexibility index (Phi) is 4.95. The van der Waals surface area contributed by atoms with Crippen molar-refractivity contribution in [2.75, 3.05) is 31.2 Å². The second-order valence-electron chi connectivity index (χ2n) is 5.10. The molecule has 1 fully saturated rings. The number of benzene rings is 1. The normalized spacial score (nSPS) is 14.8. The molecule has 0 amide bonds. The van der Waals surface area contributed by atoms with E-state index < -0.39 is 15.5 Å². The smallest absolute Gasteiger partial charge is 0.303 e. The highest BCUT2D eigenvalue weighted by atomic mass is 32.1. The molecule has 1 aromatic carbocycles. The van der Waals surface area contributed by atoms with E-state index in [9.17, 15) is 20.2 Å². The Labute approximate surface area is 145 Å². The molecule has 0 saturated carbocycles. The zero-order valence-electron chi connectivity index (χ0n) is 12.9. The molecule has 0 aliphatic carbocycles. The third kappa shape index (κ3) is 3.95. The van der Waals surface area contributed by atoms with Crippen molar-refractivity contribution in [2.45, 2.75) is 0 Å². The molecule has 2 heterocycles. The van der Waals surface area contributed by atoms with E-state index in [1.54, 1.807) is 6.07 Å². The Morgan fingerprint density at radius 1 is 1.04 bits per heavy atom. The first-order valence-corrected chi connectivity index (χ1v) is 8.13. The Bertz CT molecular complexity index is 831. The van der Waals surface area contributed by atoms with Crippen molar-refractivity contribution in [3.8, 4) is 0 Å². The zero-order chi connectivity index (χ0) is 17.8. The number of azo groups is 1. The third-order valence-electron chi connectivity index (χ3n) is 3.52. The number of nitro groups is 2. The van der Waals surface area contributed by atoms with Crippen molar-refractivity contribution in [3.05, 3.63) is 50.6 Å². The highest BCUT2D eigenvalue weighted by Crippen LogP contribution is 2.36. The van der Waals surface area contributed by atoms with E-state index in [-0.39, 0.29) is 11.4 Å². The number of hydrogen-bond donors (Lipinski definition) is 0. The fourth-order valence-corrected chi connectivity index (χ4v) is 3.16. The second kappa shape index (κ2) is 7.32. The minimum atomic E-state index is -0.713. The van der Waals surface area contributed by atoms with Gasteiger partial charge in [0.25, 0.3) is 5.69 Å². The molecule has 11 heteroatoms. The van der Waals surface area contributed by atoms with E-state index in [4.69, 9.17) is 4.74 Å². The van der Waals surface area contributed by atoms with Gasteiger partial charge in [-0.05, 0) is 18.2 Å². The Morgan fingerprint density at radius 3 is 2.48 bits per heavy atom. The van der Waals surface area contributed by atoms with Crippen molar-refractivity contribution < 1.29 is 14.6 Å². The van der Waals surface area contributed by atoms with E-state index in [1.165, 1.54) is 17.4 Å². The fourth-order valence-electron chi connectivity index (χ4n) is 2.28. The van der Waals surface area contributed by atoms with Crippen molar-refractivity contribution in [1.82, 2.24) is 0 Å². The maximum atomic E-state index is 11.1. The zero-order valence-corrected chi connectivity index (χ0v) is 13.7. The molecule has 130 valence electrons. The van der Waals surface area contributed by atoms with Gasteiger partial charge in [0.1, 0.15) is 5.00 Å². The average molecular weight is 363 g/mol. The maximum Gasteiger partial charge on any atom is 0.303 e. The number of morpholine rings is 1. The van der Waals surface area contributed by atoms with Crippen LogP contribution >= 0.6 is 11.3 Å². The highest BCUT2D eigenvalue weighted by Gasteiger charge is 2.19. The summed E-state index contributed by atoms with van der Waals surface area (Å²) in [6.45, 7) is 2.93. The molecule has 25 heavy (non-hydrogen) atoms. The summed E-state index contributed by atoms with van der Waals surface area (Å²) in [6.07, 6.45) is 0. The third-order valence-corrected chi connectivity index (χ3v) is 4.55. The Balaban J connectivity index is 1.81. The first-order valence-electron chi connectivity index (χ1n) is 7.32. The largest absolute Gasteiger partial charge is 0.378 e. The van der Waals surface area contributed by atoms with Gasteiger partial charge in [0.2, 0.25) is 0 Å². The SMILES string of the molecule is O=[N+]([O-])c1ccc(N=Nc2ccc(N3CCOCC3)s2)c([N+](=O)[O-])c1. The number of anilines is 1. The van der Waals surface area contributed by atoms with Crippen molar-refractivity contribution >= 4 is 38.4 Å². The van der Waals surface area contributed by atoms with Gasteiger partial charge in [-0.2, -0.15) is 0 Å². The summed E-state index contributed by atoms with van der Waals surface area (Å²) in [6, 6.07) is 6.94. The van der Waals surface area contributed by atoms with Gasteiger partial charge in [0, 0.05) is 19.2 Å². The number of ether oxygens (including phenoxy) is 1. The van der Waals surface area contributed by atoms with Crippen LogP contribution in [0.4, 0.5) is 27.1 Å². The lowest BCUT2D eigenvalue weighted by atomic mass is 10.2. The molecule has 0 spiro atoms. The number of hydrogen-bond acceptors (Lipinski definition) is 9. The summed E-state index contributed by atoms with van der Waals surface area (Å²) in [5.74, 6) is 0. The van der Waals surface area contributed by atoms with E-state index in [2.05, 4.69) is 15.1 Å². The molecular formula is C14H13N5O5S. The first-order chi connectivity index (χ1) is 12.0. The van der Waals surface area contributed by atoms with Gasteiger partial charge in [-0.3, -0.25) is 20.2 Å². The molecule has 1 saturated heterocycles. The molecule has 1 aromatic heterocycles. The average Bonchev–Trinajstić information content (AvgIpc) is 3.09. The summed E-state index contributed by atoms with van der Waals surface area (Å²) in [4.78, 5) is 22.6. The monoisotopic (exact) mass is 363 g/mol. The van der Waals surface area contributed by atoms with Gasteiger partial charge in [0.15, 0.2) is 5.69 Å². The van der Waals surface area contributed by atoms with Crippen LogP contribution in [-0.4, -0.2) is 36.1 Å². The van der Waals surface area contributed by atoms with Gasteiger partial charge in [-0.1, -0.05) is 11.3 Å². The van der Waals surface area contributed by atoms with Gasteiger partial charge in [0.05, 0.1) is 34.1 Å². The Morgan fingerprint density at radius 2 is 1.80 bits per heavy atom. The molecule has 1 aliphatic rings. The first kappa shape index (κ1) is 16.9. The molecule has 0 bridgehead atoms. The molecule has 0 unspecified atom stereocenters. The van der Waals surface area contributed by atoms with Crippen LogP contribution < -0.4 is 4.90 Å². The van der Waals surface area contributed by atoms with Gasteiger partial charge in [-0.25, -0.2) is 0 Å². The second-order valence-corrected chi connectivity index (χ2v) is 6.14. The van der Waals surface area contributed by atoms with Crippen molar-refractivity contribution in [2.24, 2.45) is 10.2 Å². The Hall–Kier alpha value is -2.92. The molecule has 0 N–H and O–H groups in total. The molecule has 0 atom stereocenters. The lowest BCUT2D eigenvalue weighted by Crippen LogP contribution is -2.35. The lowest BCUT2D eigenvalue weighted by molar-refractivity contribution is -0.393. The van der Waals surface area contributed by atoms with E-state index in [0.717, 1.165) is 30.2 Å². The van der Waals surface area contributed by atoms with E-state index >= 15 is 0 Å². The highest BCUT2D eigenvalue weighted by molar-refractivity contribution is 7.19. The molecule has 1 aliphatic heterocycles. The molecular weight excluding hydrogens is 350 g/mol. The van der Waals surface area contributed by atoms with Crippen LogP contribution in [0, 0.1) is 20.2 Å². The van der Waals surface area contributed by atoms with Crippen LogP contribution in [-0.2, 0) is 4.74 Å². The number of thiophene rings is 1. The van der Waals surface area contributed by atoms with Crippen LogP contribution in [0.2, 0.25) is 0 Å². The van der Waals surface area contributed by atoms with Crippen molar-refractivity contribution in [3.63, 3.8) is 0 Å². The molecule has 0 radical (unpaired) electrons. The summed E-state index contributed by atoms with van der Waals surface area (Å²) in [5, 5.41) is 31.3. The molecule has 2 aromatic rings. The molecule has 3 rings (SSSR count). The fraction of sp³-hybridized carbons (Fsp3) is 0.286. The van der Waals surface area contributed by atoms with Gasteiger partial charge < -0.3 is 9.64 Å². The standard InChI is InChI=1S/C14H13N5O5S/c20-18(21)10-1-2-11(12(9-10)19(22)23)15-16-13-3-4-14(25-13)17-5-7-24-8-6-17/h1-4,9H,5-8H2. The predicted octanol–water partition coefficient (Wildman–Crippen LogP) is 3.82. The molecule has 10 nitrogen and oxygen atoms in total. The summed E-state index contributed by atoms with van der Waals surface area (Å²) < 4.78 is 5.30. The van der Waals surface area contributed by atoms with E-state index in [1.807, 2.05) is 6.07 Å². The van der Waals surface area contributed by atoms with Crippen LogP contribution in [0.3, 0.4) is 0 Å². The summed E-state index contributed by atoms with van der Waals surface area (Å²) in [7, 11) is 0. The minimum absolute atomic E-state index is 0.0306. The summed E-state index contributed by atoms with van der Waals surface area (Å²) in [5.41, 5.74) is -0.851. The van der Waals surface area contributed by atoms with Crippen LogP contribution in [0.15, 0.2) is 40.6 Å². The number of nitro benzene ring substituents is 2. The predicted molar refractivity (Wildman–Crippen MR) is 91.3 cm³/mol. The van der Waals surface area contributed by atoms with E-state index in [0.29, 0.717) is 18.2 Å². The van der Waals surface area contributed by atoms with Crippen LogP contribution in [0.5, 0.6) is 0 Å². The lowest BCUT2D eigenvalue weighted by Gasteiger charge is -2.27. The van der Waals surface area contributed by atoms with Gasteiger partial charge >= 0.3 is 5.69 Å². The van der Waals surface area contributed by atoms with Crippen molar-refractivity contribution in [1.29, 1.82) is 0 Å². The van der Waals surface area contributed by atoms with Gasteiger partial charge in [-0.15, -0.1) is 10.2 Å². The topological polar surface area (TPSA) is 123 Å². The van der Waals surface area contributed by atoms with Crippen LogP contribution in [0.1, 0.15) is 0 Å². The number of non-ortho nitro benzene ring substituents is 1. The maximum absolute atomic E-state index is 11.1. The quantitative estimate of drug-likeness (QED) is 0.452. The number of rotatable bonds is 5. The van der Waals surface area contributed by atoms with Crippen LogP contribution in [0.25, 0.3) is 0 Å².